The molecule has 0 aromatic carbocycles. The van der Waals surface area contributed by atoms with Crippen LogP contribution in [-0.2, 0) is 11.3 Å². The second kappa shape index (κ2) is 5.15. The number of hydrogen-bond acceptors (Lipinski definition) is 2. The molecule has 16 heavy (non-hydrogen) atoms. The number of nitrogens with zero attached hydrogens (tertiary/aromatic N) is 2. The van der Waals surface area contributed by atoms with Gasteiger partial charge in [-0.2, -0.15) is 0 Å². The molecule has 1 aromatic heterocycles. The number of likely N-dealkylation sites (tertiary alicyclic amines) is 1. The summed E-state index contributed by atoms with van der Waals surface area (Å²) in [5, 5.41) is 1.36. The van der Waals surface area contributed by atoms with Gasteiger partial charge in [0.25, 0.3) is 0 Å². The van der Waals surface area contributed by atoms with Crippen molar-refractivity contribution in [3.8, 4) is 0 Å². The van der Waals surface area contributed by atoms with E-state index in [0.29, 0.717) is 24.0 Å². The number of amides is 1. The fourth-order valence-corrected chi connectivity index (χ4v) is 2.38. The SMILES string of the molecule is O=C1CC(CBr)CN1Cc1ccc(Cl)nc1. The molecule has 1 unspecified atom stereocenters. The average Bonchev–Trinajstić information content (AvgIpc) is 2.63. The summed E-state index contributed by atoms with van der Waals surface area (Å²) in [6, 6.07) is 3.66. The summed E-state index contributed by atoms with van der Waals surface area (Å²) >= 11 is 9.12. The third kappa shape index (κ3) is 2.74. The minimum Gasteiger partial charge on any atom is -0.338 e. The lowest BCUT2D eigenvalue weighted by Gasteiger charge is -2.15. The second-order valence-electron chi connectivity index (χ2n) is 3.99. The zero-order chi connectivity index (χ0) is 11.5. The van der Waals surface area contributed by atoms with Crippen molar-refractivity contribution >= 4 is 33.4 Å². The highest BCUT2D eigenvalue weighted by Crippen LogP contribution is 2.21. The highest BCUT2D eigenvalue weighted by molar-refractivity contribution is 9.09. The maximum absolute atomic E-state index is 11.7. The van der Waals surface area contributed by atoms with Crippen LogP contribution in [0.4, 0.5) is 0 Å². The van der Waals surface area contributed by atoms with Crippen molar-refractivity contribution in [2.24, 2.45) is 5.92 Å². The lowest BCUT2D eigenvalue weighted by atomic mass is 10.2. The van der Waals surface area contributed by atoms with Gasteiger partial charge in [0.05, 0.1) is 0 Å². The van der Waals surface area contributed by atoms with Crippen LogP contribution in [0, 0.1) is 5.92 Å². The van der Waals surface area contributed by atoms with E-state index in [-0.39, 0.29) is 5.91 Å². The summed E-state index contributed by atoms with van der Waals surface area (Å²) in [4.78, 5) is 17.5. The first-order valence-electron chi connectivity index (χ1n) is 5.13. The van der Waals surface area contributed by atoms with Crippen molar-refractivity contribution in [2.45, 2.75) is 13.0 Å². The van der Waals surface area contributed by atoms with Gasteiger partial charge >= 0.3 is 0 Å². The minimum atomic E-state index is 0.222. The van der Waals surface area contributed by atoms with Gasteiger partial charge in [-0.1, -0.05) is 33.6 Å². The van der Waals surface area contributed by atoms with Crippen LogP contribution in [0.1, 0.15) is 12.0 Å². The predicted molar refractivity (Wildman–Crippen MR) is 66.6 cm³/mol. The smallest absolute Gasteiger partial charge is 0.223 e. The van der Waals surface area contributed by atoms with Crippen molar-refractivity contribution in [3.05, 3.63) is 29.0 Å². The van der Waals surface area contributed by atoms with Crippen molar-refractivity contribution in [2.75, 3.05) is 11.9 Å². The van der Waals surface area contributed by atoms with E-state index in [4.69, 9.17) is 11.6 Å². The average molecular weight is 304 g/mol. The Balaban J connectivity index is 2.00. The summed E-state index contributed by atoms with van der Waals surface area (Å²) in [6.45, 7) is 1.46. The van der Waals surface area contributed by atoms with Crippen molar-refractivity contribution in [1.82, 2.24) is 9.88 Å². The van der Waals surface area contributed by atoms with Crippen LogP contribution in [0.25, 0.3) is 0 Å². The molecule has 1 saturated heterocycles. The molecule has 0 bridgehead atoms. The van der Waals surface area contributed by atoms with Crippen LogP contribution in [0.15, 0.2) is 18.3 Å². The quantitative estimate of drug-likeness (QED) is 0.635. The molecule has 1 aromatic rings. The van der Waals surface area contributed by atoms with Gasteiger partial charge < -0.3 is 4.90 Å². The van der Waals surface area contributed by atoms with Crippen molar-refractivity contribution in [3.63, 3.8) is 0 Å². The minimum absolute atomic E-state index is 0.222. The molecule has 1 aliphatic heterocycles. The zero-order valence-electron chi connectivity index (χ0n) is 8.70. The van der Waals surface area contributed by atoms with E-state index in [2.05, 4.69) is 20.9 Å². The van der Waals surface area contributed by atoms with Crippen LogP contribution >= 0.6 is 27.5 Å². The molecule has 86 valence electrons. The predicted octanol–water partition coefficient (Wildman–Crippen LogP) is 2.48. The molecular weight excluding hydrogens is 291 g/mol. The number of halogens is 2. The molecule has 5 heteroatoms. The Hall–Kier alpha value is -0.610. The van der Waals surface area contributed by atoms with Gasteiger partial charge in [-0.05, 0) is 17.5 Å². The number of alkyl halides is 1. The summed E-state index contributed by atoms with van der Waals surface area (Å²) in [7, 11) is 0. The second-order valence-corrected chi connectivity index (χ2v) is 5.02. The van der Waals surface area contributed by atoms with E-state index < -0.39 is 0 Å². The molecule has 0 radical (unpaired) electrons. The normalized spacial score (nSPS) is 20.5. The molecule has 1 fully saturated rings. The summed E-state index contributed by atoms with van der Waals surface area (Å²) in [5.74, 6) is 0.659. The largest absolute Gasteiger partial charge is 0.338 e. The van der Waals surface area contributed by atoms with Crippen molar-refractivity contribution < 1.29 is 4.79 Å². The van der Waals surface area contributed by atoms with E-state index in [1.54, 1.807) is 12.3 Å². The van der Waals surface area contributed by atoms with Gasteiger partial charge in [0.1, 0.15) is 5.15 Å². The molecule has 1 aliphatic rings. The van der Waals surface area contributed by atoms with Gasteiger partial charge in [-0.15, -0.1) is 0 Å². The Labute approximate surface area is 108 Å². The van der Waals surface area contributed by atoms with Crippen LogP contribution in [0.3, 0.4) is 0 Å². The lowest BCUT2D eigenvalue weighted by molar-refractivity contribution is -0.128. The van der Waals surface area contributed by atoms with E-state index >= 15 is 0 Å². The first-order chi connectivity index (χ1) is 7.69. The molecule has 1 amide bonds. The summed E-state index contributed by atoms with van der Waals surface area (Å²) in [6.07, 6.45) is 2.36. The highest BCUT2D eigenvalue weighted by Gasteiger charge is 2.28. The Morgan fingerprint density at radius 1 is 1.56 bits per heavy atom. The highest BCUT2D eigenvalue weighted by atomic mass is 79.9. The molecule has 3 nitrogen and oxygen atoms in total. The van der Waals surface area contributed by atoms with Gasteiger partial charge in [-0.3, -0.25) is 4.79 Å². The lowest BCUT2D eigenvalue weighted by Crippen LogP contribution is -2.24. The summed E-state index contributed by atoms with van der Waals surface area (Å²) < 4.78 is 0. The first kappa shape index (κ1) is 11.9. The molecule has 1 atom stereocenters. The van der Waals surface area contributed by atoms with Gasteiger partial charge in [-0.25, -0.2) is 4.98 Å². The summed E-state index contributed by atoms with van der Waals surface area (Å²) in [5.41, 5.74) is 1.02. The van der Waals surface area contributed by atoms with Crippen LogP contribution in [0.5, 0.6) is 0 Å². The third-order valence-electron chi connectivity index (χ3n) is 2.67. The van der Waals surface area contributed by atoms with E-state index in [1.165, 1.54) is 0 Å². The molecule has 0 saturated carbocycles. The molecule has 0 N–H and O–H groups in total. The first-order valence-corrected chi connectivity index (χ1v) is 6.63. The molecular formula is C11H12BrClN2O. The molecule has 0 aliphatic carbocycles. The molecule has 2 heterocycles. The number of pyridine rings is 1. The van der Waals surface area contributed by atoms with Gasteiger partial charge in [0.2, 0.25) is 5.91 Å². The topological polar surface area (TPSA) is 33.2 Å². The maximum atomic E-state index is 11.7. The number of carbonyl (C=O) groups is 1. The van der Waals surface area contributed by atoms with Gasteiger partial charge in [0, 0.05) is 31.0 Å². The Morgan fingerprint density at radius 2 is 2.38 bits per heavy atom. The van der Waals surface area contributed by atoms with Gasteiger partial charge in [0.15, 0.2) is 0 Å². The van der Waals surface area contributed by atoms with Crippen LogP contribution < -0.4 is 0 Å². The fraction of sp³-hybridized carbons (Fsp3) is 0.455. The van der Waals surface area contributed by atoms with E-state index in [1.807, 2.05) is 11.0 Å². The van der Waals surface area contributed by atoms with E-state index in [9.17, 15) is 4.79 Å². The Kier molecular flexibility index (Phi) is 3.82. The Morgan fingerprint density at radius 3 is 2.94 bits per heavy atom. The van der Waals surface area contributed by atoms with Crippen molar-refractivity contribution in [1.29, 1.82) is 0 Å². The van der Waals surface area contributed by atoms with Crippen LogP contribution in [0.2, 0.25) is 5.15 Å². The third-order valence-corrected chi connectivity index (χ3v) is 3.81. The number of carbonyl (C=O) groups excluding carboxylic acids is 1. The molecule has 0 spiro atoms. The zero-order valence-corrected chi connectivity index (χ0v) is 11.0. The Bertz CT molecular complexity index is 382. The number of aromatic nitrogens is 1. The number of rotatable bonds is 3. The number of hydrogen-bond donors (Lipinski definition) is 0. The monoisotopic (exact) mass is 302 g/mol. The fourth-order valence-electron chi connectivity index (χ4n) is 1.83. The van der Waals surface area contributed by atoms with E-state index in [0.717, 1.165) is 17.4 Å². The van der Waals surface area contributed by atoms with Crippen LogP contribution in [-0.4, -0.2) is 27.7 Å². The standard InChI is InChI=1S/C11H12BrClN2O/c12-4-9-3-11(16)15(7-9)6-8-1-2-10(13)14-5-8/h1-2,5,9H,3-4,6-7H2. The maximum Gasteiger partial charge on any atom is 0.223 e. The molecule has 2 rings (SSSR count).